The summed E-state index contributed by atoms with van der Waals surface area (Å²) in [6, 6.07) is 0. The number of unbranched alkanes of at least 4 members (excludes halogenated alkanes) is 4. The van der Waals surface area contributed by atoms with Crippen molar-refractivity contribution in [3.8, 4) is 0 Å². The van der Waals surface area contributed by atoms with Crippen molar-refractivity contribution in [2.75, 3.05) is 5.33 Å². The molecule has 0 saturated carbocycles. The molecule has 3 heteroatoms. The lowest BCUT2D eigenvalue weighted by atomic mass is 9.98. The molecular formula is C14H25BrO2. The van der Waals surface area contributed by atoms with Gasteiger partial charge in [-0.1, -0.05) is 49.0 Å². The van der Waals surface area contributed by atoms with E-state index in [1.807, 2.05) is 6.92 Å². The summed E-state index contributed by atoms with van der Waals surface area (Å²) < 4.78 is 0. The van der Waals surface area contributed by atoms with E-state index in [0.29, 0.717) is 17.5 Å². The van der Waals surface area contributed by atoms with Crippen molar-refractivity contribution in [1.82, 2.24) is 0 Å². The quantitative estimate of drug-likeness (QED) is 0.421. The summed E-state index contributed by atoms with van der Waals surface area (Å²) in [6.45, 7) is 4.07. The number of halogens is 1. The molecule has 0 bridgehead atoms. The Bertz CT molecular complexity index is 226. The summed E-state index contributed by atoms with van der Waals surface area (Å²) in [7, 11) is 0. The maximum Gasteiger partial charge on any atom is 0.143 e. The zero-order valence-corrected chi connectivity index (χ0v) is 12.7. The molecule has 17 heavy (non-hydrogen) atoms. The highest BCUT2D eigenvalue weighted by molar-refractivity contribution is 9.09. The molecule has 0 radical (unpaired) electrons. The number of hydrogen-bond donors (Lipinski definition) is 0. The molecule has 0 aliphatic heterocycles. The van der Waals surface area contributed by atoms with Crippen molar-refractivity contribution in [3.63, 3.8) is 0 Å². The number of carbonyl (C=O) groups excluding carboxylic acids is 2. The first kappa shape index (κ1) is 16.8. The number of ketones is 2. The monoisotopic (exact) mass is 304 g/mol. The molecule has 0 aromatic carbocycles. The minimum Gasteiger partial charge on any atom is -0.299 e. The molecular weight excluding hydrogens is 280 g/mol. The van der Waals surface area contributed by atoms with Gasteiger partial charge < -0.3 is 0 Å². The Hall–Kier alpha value is -0.180. The maximum absolute atomic E-state index is 11.5. The largest absolute Gasteiger partial charge is 0.299 e. The van der Waals surface area contributed by atoms with Gasteiger partial charge in [-0.15, -0.1) is 0 Å². The minimum absolute atomic E-state index is 0.228. The van der Waals surface area contributed by atoms with Crippen LogP contribution in [0.25, 0.3) is 0 Å². The Labute approximate surface area is 114 Å². The fraction of sp³-hybridized carbons (Fsp3) is 0.857. The first-order chi connectivity index (χ1) is 8.11. The van der Waals surface area contributed by atoms with E-state index in [9.17, 15) is 9.59 Å². The number of hydrogen-bond acceptors (Lipinski definition) is 2. The van der Waals surface area contributed by atoms with E-state index in [-0.39, 0.29) is 11.7 Å². The summed E-state index contributed by atoms with van der Waals surface area (Å²) in [4.78, 5) is 22.5. The van der Waals surface area contributed by atoms with Gasteiger partial charge in [0, 0.05) is 18.8 Å². The van der Waals surface area contributed by atoms with Crippen molar-refractivity contribution >= 4 is 27.5 Å². The minimum atomic E-state index is 0.228. The normalized spacial score (nSPS) is 12.4. The molecule has 0 saturated heterocycles. The predicted molar refractivity (Wildman–Crippen MR) is 75.6 cm³/mol. The summed E-state index contributed by atoms with van der Waals surface area (Å²) in [6.07, 6.45) is 7.74. The van der Waals surface area contributed by atoms with Crippen LogP contribution in [-0.2, 0) is 9.59 Å². The average Bonchev–Trinajstić information content (AvgIpc) is 2.35. The molecule has 0 aliphatic carbocycles. The highest BCUT2D eigenvalue weighted by Gasteiger charge is 2.09. The molecule has 0 aliphatic rings. The molecule has 100 valence electrons. The summed E-state index contributed by atoms with van der Waals surface area (Å²) in [5, 5.41) is 0.483. The number of Topliss-reactive ketones (excluding diaryl/α,β-unsaturated/α-hetero) is 2. The Kier molecular flexibility index (Phi) is 10.8. The van der Waals surface area contributed by atoms with Gasteiger partial charge in [0.2, 0.25) is 0 Å². The predicted octanol–water partition coefficient (Wildman–Crippen LogP) is 4.30. The molecule has 0 rings (SSSR count). The van der Waals surface area contributed by atoms with Crippen LogP contribution in [0.2, 0.25) is 0 Å². The maximum atomic E-state index is 11.5. The van der Waals surface area contributed by atoms with E-state index in [4.69, 9.17) is 0 Å². The van der Waals surface area contributed by atoms with Crippen LogP contribution in [0.1, 0.15) is 65.2 Å². The van der Waals surface area contributed by atoms with Crippen LogP contribution in [0.3, 0.4) is 0 Å². The van der Waals surface area contributed by atoms with Gasteiger partial charge in [0.05, 0.1) is 5.33 Å². The lowest BCUT2D eigenvalue weighted by molar-refractivity contribution is -0.122. The average molecular weight is 305 g/mol. The number of alkyl halides is 1. The van der Waals surface area contributed by atoms with Crippen LogP contribution < -0.4 is 0 Å². The number of rotatable bonds is 11. The Balaban J connectivity index is 3.29. The van der Waals surface area contributed by atoms with E-state index < -0.39 is 0 Å². The SMILES string of the molecule is CCC(C)C(=O)CCCCCCCC(=O)CBr. The second kappa shape index (κ2) is 10.9. The van der Waals surface area contributed by atoms with Crippen LogP contribution in [0.5, 0.6) is 0 Å². The van der Waals surface area contributed by atoms with E-state index in [2.05, 4.69) is 22.9 Å². The lowest BCUT2D eigenvalue weighted by Crippen LogP contribution is -2.09. The third-order valence-electron chi connectivity index (χ3n) is 3.19. The molecule has 1 atom stereocenters. The highest BCUT2D eigenvalue weighted by atomic mass is 79.9. The second-order valence-electron chi connectivity index (χ2n) is 4.72. The van der Waals surface area contributed by atoms with Crippen LogP contribution in [0.15, 0.2) is 0 Å². The molecule has 1 unspecified atom stereocenters. The summed E-state index contributed by atoms with van der Waals surface area (Å²) in [5.41, 5.74) is 0. The third kappa shape index (κ3) is 9.51. The standard InChI is InChI=1S/C14H25BrO2/c1-3-12(2)14(17)10-8-6-4-5-7-9-13(16)11-15/h12H,3-11H2,1-2H3. The topological polar surface area (TPSA) is 34.1 Å². The lowest BCUT2D eigenvalue weighted by Gasteiger charge is -2.06. The van der Waals surface area contributed by atoms with E-state index in [1.54, 1.807) is 0 Å². The highest BCUT2D eigenvalue weighted by Crippen LogP contribution is 2.12. The van der Waals surface area contributed by atoms with Gasteiger partial charge in [-0.2, -0.15) is 0 Å². The van der Waals surface area contributed by atoms with Gasteiger partial charge in [-0.3, -0.25) is 9.59 Å². The summed E-state index contributed by atoms with van der Waals surface area (Å²) in [5.74, 6) is 0.922. The third-order valence-corrected chi connectivity index (χ3v) is 3.82. The zero-order valence-electron chi connectivity index (χ0n) is 11.1. The first-order valence-electron chi connectivity index (χ1n) is 6.72. The van der Waals surface area contributed by atoms with Gasteiger partial charge in [0.25, 0.3) is 0 Å². The van der Waals surface area contributed by atoms with E-state index in [1.165, 1.54) is 0 Å². The molecule has 2 nitrogen and oxygen atoms in total. The molecule has 0 N–H and O–H groups in total. The zero-order chi connectivity index (χ0) is 13.1. The molecule has 0 aromatic heterocycles. The van der Waals surface area contributed by atoms with Gasteiger partial charge in [-0.05, 0) is 19.3 Å². The molecule has 0 amide bonds. The van der Waals surface area contributed by atoms with Crippen molar-refractivity contribution in [3.05, 3.63) is 0 Å². The Morgan fingerprint density at radius 2 is 1.53 bits per heavy atom. The van der Waals surface area contributed by atoms with E-state index in [0.717, 1.165) is 44.9 Å². The van der Waals surface area contributed by atoms with Crippen molar-refractivity contribution in [2.24, 2.45) is 5.92 Å². The molecule has 0 aromatic rings. The molecule has 0 fully saturated rings. The van der Waals surface area contributed by atoms with Crippen molar-refractivity contribution in [2.45, 2.75) is 65.2 Å². The van der Waals surface area contributed by atoms with Gasteiger partial charge >= 0.3 is 0 Å². The second-order valence-corrected chi connectivity index (χ2v) is 5.28. The molecule has 0 spiro atoms. The summed E-state index contributed by atoms with van der Waals surface area (Å²) >= 11 is 3.16. The van der Waals surface area contributed by atoms with Crippen molar-refractivity contribution < 1.29 is 9.59 Å². The van der Waals surface area contributed by atoms with Crippen LogP contribution in [0, 0.1) is 5.92 Å². The van der Waals surface area contributed by atoms with Crippen molar-refractivity contribution in [1.29, 1.82) is 0 Å². The van der Waals surface area contributed by atoms with Crippen LogP contribution in [-0.4, -0.2) is 16.9 Å². The Morgan fingerprint density at radius 3 is 2.06 bits per heavy atom. The van der Waals surface area contributed by atoms with E-state index >= 15 is 0 Å². The van der Waals surface area contributed by atoms with Gasteiger partial charge in [0.1, 0.15) is 11.6 Å². The fourth-order valence-electron chi connectivity index (χ4n) is 1.69. The van der Waals surface area contributed by atoms with Gasteiger partial charge in [-0.25, -0.2) is 0 Å². The Morgan fingerprint density at radius 1 is 1.00 bits per heavy atom. The van der Waals surface area contributed by atoms with Crippen LogP contribution in [0.4, 0.5) is 0 Å². The number of carbonyl (C=O) groups is 2. The molecule has 0 heterocycles. The van der Waals surface area contributed by atoms with Crippen LogP contribution >= 0.6 is 15.9 Å². The first-order valence-corrected chi connectivity index (χ1v) is 7.84. The smallest absolute Gasteiger partial charge is 0.143 e. The fourth-order valence-corrected chi connectivity index (χ4v) is 1.97. The van der Waals surface area contributed by atoms with Gasteiger partial charge in [0.15, 0.2) is 0 Å².